The summed E-state index contributed by atoms with van der Waals surface area (Å²) in [6.07, 6.45) is 1.91. The molecule has 2 aromatic carbocycles. The Kier molecular flexibility index (Phi) is 6.46. The van der Waals surface area contributed by atoms with Crippen molar-refractivity contribution in [3.05, 3.63) is 100 Å². The summed E-state index contributed by atoms with van der Waals surface area (Å²) in [6, 6.07) is 15.9. The van der Waals surface area contributed by atoms with Crippen LogP contribution < -0.4 is 16.3 Å². The highest BCUT2D eigenvalue weighted by atomic mass is 19.1. The smallest absolute Gasteiger partial charge is 0.305 e. The van der Waals surface area contributed by atoms with Crippen molar-refractivity contribution in [2.45, 2.75) is 26.2 Å². The fourth-order valence-corrected chi connectivity index (χ4v) is 4.21. The highest BCUT2D eigenvalue weighted by Gasteiger charge is 2.28. The Hall–Kier alpha value is -4.86. The van der Waals surface area contributed by atoms with E-state index < -0.39 is 23.5 Å². The van der Waals surface area contributed by atoms with Crippen LogP contribution in [0.4, 0.5) is 4.39 Å². The monoisotopic (exact) mass is 499 g/mol. The van der Waals surface area contributed by atoms with Crippen molar-refractivity contribution in [3.8, 4) is 0 Å². The number of para-hydroxylation sites is 1. The summed E-state index contributed by atoms with van der Waals surface area (Å²) in [4.78, 5) is 42.0. The van der Waals surface area contributed by atoms with Gasteiger partial charge in [0.25, 0.3) is 11.8 Å². The van der Waals surface area contributed by atoms with Crippen molar-refractivity contribution in [2.75, 3.05) is 0 Å². The predicted octanol–water partition coefficient (Wildman–Crippen LogP) is 3.82. The first-order chi connectivity index (χ1) is 17.9. The molecule has 0 spiro atoms. The average molecular weight is 500 g/mol. The SMILES string of the molecule is Cc1c(C(=O)NNC(=O)c2ccc(F)cc2)oc2c1/C(=N/NC(=O)c1ccc3ccccc3n1)CCC2. The third kappa shape index (κ3) is 4.94. The molecular weight excluding hydrogens is 477 g/mol. The number of fused-ring (bicyclic) bond motifs is 2. The highest BCUT2D eigenvalue weighted by Crippen LogP contribution is 2.29. The summed E-state index contributed by atoms with van der Waals surface area (Å²) in [5.74, 6) is -1.56. The number of nitrogens with zero attached hydrogens (tertiary/aromatic N) is 2. The van der Waals surface area contributed by atoms with Crippen LogP contribution in [0.2, 0.25) is 0 Å². The predicted molar refractivity (Wildman–Crippen MR) is 133 cm³/mol. The molecule has 9 nitrogen and oxygen atoms in total. The number of rotatable bonds is 4. The first kappa shape index (κ1) is 23.9. The lowest BCUT2D eigenvalue weighted by Gasteiger charge is -2.13. The van der Waals surface area contributed by atoms with Crippen molar-refractivity contribution in [1.29, 1.82) is 0 Å². The molecule has 3 amide bonds. The number of nitrogens with one attached hydrogen (secondary N) is 3. The van der Waals surface area contributed by atoms with Gasteiger partial charge in [0.15, 0.2) is 5.76 Å². The van der Waals surface area contributed by atoms with Gasteiger partial charge in [-0.3, -0.25) is 25.2 Å². The number of amides is 3. The maximum Gasteiger partial charge on any atom is 0.305 e. The lowest BCUT2D eigenvalue weighted by Crippen LogP contribution is -2.41. The number of hydrazine groups is 1. The van der Waals surface area contributed by atoms with E-state index in [4.69, 9.17) is 4.42 Å². The summed E-state index contributed by atoms with van der Waals surface area (Å²) in [6.45, 7) is 1.71. The van der Waals surface area contributed by atoms with Crippen LogP contribution >= 0.6 is 0 Å². The molecule has 10 heteroatoms. The minimum atomic E-state index is -0.647. The van der Waals surface area contributed by atoms with Gasteiger partial charge in [-0.2, -0.15) is 5.10 Å². The molecule has 3 N–H and O–H groups in total. The number of furan rings is 1. The summed E-state index contributed by atoms with van der Waals surface area (Å²) in [7, 11) is 0. The van der Waals surface area contributed by atoms with Gasteiger partial charge in [-0.25, -0.2) is 14.8 Å². The first-order valence-corrected chi connectivity index (χ1v) is 11.6. The van der Waals surface area contributed by atoms with Gasteiger partial charge in [-0.05, 0) is 56.2 Å². The number of aromatic nitrogens is 1. The second kappa shape index (κ2) is 10.0. The molecule has 0 saturated carbocycles. The molecule has 0 radical (unpaired) electrons. The van der Waals surface area contributed by atoms with E-state index in [1.165, 1.54) is 12.1 Å². The largest absolute Gasteiger partial charge is 0.455 e. The second-order valence-electron chi connectivity index (χ2n) is 8.51. The second-order valence-corrected chi connectivity index (χ2v) is 8.51. The van der Waals surface area contributed by atoms with Gasteiger partial charge in [0.05, 0.1) is 11.2 Å². The number of hydrogen-bond acceptors (Lipinski definition) is 6. The van der Waals surface area contributed by atoms with E-state index in [0.717, 1.165) is 23.9 Å². The molecule has 2 aromatic heterocycles. The maximum absolute atomic E-state index is 13.1. The number of aryl methyl sites for hydroxylation is 1. The van der Waals surface area contributed by atoms with E-state index >= 15 is 0 Å². The molecule has 2 heterocycles. The standard InChI is InChI=1S/C27H22FN5O4/c1-15-23-20(30-32-26(35)21-14-11-16-5-2-3-6-19(16)29-21)7-4-8-22(23)37-24(15)27(36)33-31-25(34)17-9-12-18(28)13-10-17/h2-3,5-6,9-14H,4,7-8H2,1H3,(H,31,34)(H,32,35)(H,33,36)/b30-20+. The number of carbonyl (C=O) groups is 3. The van der Waals surface area contributed by atoms with E-state index in [1.54, 1.807) is 13.0 Å². The third-order valence-electron chi connectivity index (χ3n) is 6.05. The first-order valence-electron chi connectivity index (χ1n) is 11.6. The van der Waals surface area contributed by atoms with Gasteiger partial charge < -0.3 is 4.42 Å². The van der Waals surface area contributed by atoms with Gasteiger partial charge in [0.2, 0.25) is 0 Å². The minimum Gasteiger partial charge on any atom is -0.455 e. The van der Waals surface area contributed by atoms with Gasteiger partial charge in [-0.1, -0.05) is 24.3 Å². The molecule has 0 fully saturated rings. The number of hydrazone groups is 1. The van der Waals surface area contributed by atoms with Gasteiger partial charge >= 0.3 is 5.91 Å². The Morgan fingerprint density at radius 2 is 1.68 bits per heavy atom. The number of pyridine rings is 1. The summed E-state index contributed by atoms with van der Waals surface area (Å²) in [5, 5.41) is 5.25. The van der Waals surface area contributed by atoms with Crippen LogP contribution in [0.15, 0.2) is 70.2 Å². The molecule has 0 bridgehead atoms. The molecule has 1 aliphatic carbocycles. The van der Waals surface area contributed by atoms with Crippen LogP contribution in [0.1, 0.15) is 61.1 Å². The van der Waals surface area contributed by atoms with Crippen LogP contribution in [0.25, 0.3) is 10.9 Å². The lowest BCUT2D eigenvalue weighted by atomic mass is 9.93. The quantitative estimate of drug-likeness (QED) is 0.368. The third-order valence-corrected chi connectivity index (χ3v) is 6.05. The molecular formula is C27H22FN5O4. The number of hydrogen-bond donors (Lipinski definition) is 3. The zero-order chi connectivity index (χ0) is 25.9. The Balaban J connectivity index is 1.30. The fraction of sp³-hybridized carbons (Fsp3) is 0.148. The number of benzene rings is 2. The lowest BCUT2D eigenvalue weighted by molar-refractivity contribution is 0.0829. The zero-order valence-electron chi connectivity index (χ0n) is 19.8. The average Bonchev–Trinajstić information content (AvgIpc) is 3.27. The fourth-order valence-electron chi connectivity index (χ4n) is 4.21. The summed E-state index contributed by atoms with van der Waals surface area (Å²) >= 11 is 0. The molecule has 37 heavy (non-hydrogen) atoms. The minimum absolute atomic E-state index is 0.0292. The van der Waals surface area contributed by atoms with Crippen molar-refractivity contribution in [2.24, 2.45) is 5.10 Å². The normalized spacial score (nSPS) is 13.7. The van der Waals surface area contributed by atoms with Crippen LogP contribution in [0, 0.1) is 12.7 Å². The maximum atomic E-state index is 13.1. The molecule has 0 unspecified atom stereocenters. The van der Waals surface area contributed by atoms with Gasteiger partial charge in [0, 0.05) is 28.5 Å². The highest BCUT2D eigenvalue weighted by molar-refractivity contribution is 6.07. The Morgan fingerprint density at radius 1 is 0.919 bits per heavy atom. The van der Waals surface area contributed by atoms with Crippen LogP contribution in [-0.4, -0.2) is 28.4 Å². The van der Waals surface area contributed by atoms with Gasteiger partial charge in [-0.15, -0.1) is 0 Å². The van der Waals surface area contributed by atoms with Crippen molar-refractivity contribution in [3.63, 3.8) is 0 Å². The molecule has 0 saturated heterocycles. The van der Waals surface area contributed by atoms with E-state index in [9.17, 15) is 18.8 Å². The molecule has 4 aromatic rings. The topological polar surface area (TPSA) is 126 Å². The Morgan fingerprint density at radius 3 is 2.49 bits per heavy atom. The van der Waals surface area contributed by atoms with E-state index in [2.05, 4.69) is 26.4 Å². The Labute approximate surface area is 210 Å². The molecule has 0 atom stereocenters. The van der Waals surface area contributed by atoms with Crippen molar-refractivity contribution < 1.29 is 23.2 Å². The van der Waals surface area contributed by atoms with Crippen LogP contribution in [0.3, 0.4) is 0 Å². The summed E-state index contributed by atoms with van der Waals surface area (Å²) < 4.78 is 18.9. The van der Waals surface area contributed by atoms with E-state index in [1.807, 2.05) is 30.3 Å². The zero-order valence-corrected chi connectivity index (χ0v) is 19.8. The number of carbonyl (C=O) groups excluding carboxylic acids is 3. The van der Waals surface area contributed by atoms with E-state index in [0.29, 0.717) is 41.0 Å². The van der Waals surface area contributed by atoms with Crippen LogP contribution in [-0.2, 0) is 6.42 Å². The summed E-state index contributed by atoms with van der Waals surface area (Å²) in [5.41, 5.74) is 10.1. The van der Waals surface area contributed by atoms with Crippen LogP contribution in [0.5, 0.6) is 0 Å². The molecule has 0 aliphatic heterocycles. The molecule has 1 aliphatic rings. The Bertz CT molecular complexity index is 1560. The number of halogens is 1. The van der Waals surface area contributed by atoms with Crippen molar-refractivity contribution >= 4 is 34.3 Å². The van der Waals surface area contributed by atoms with Gasteiger partial charge in [0.1, 0.15) is 17.3 Å². The molecule has 5 rings (SSSR count). The van der Waals surface area contributed by atoms with Crippen molar-refractivity contribution in [1.82, 2.24) is 21.3 Å². The molecule has 186 valence electrons. The van der Waals surface area contributed by atoms with E-state index in [-0.39, 0.29) is 17.0 Å².